The lowest BCUT2D eigenvalue weighted by molar-refractivity contribution is -0.115. The van der Waals surface area contributed by atoms with E-state index in [-0.39, 0.29) is 11.5 Å². The van der Waals surface area contributed by atoms with Crippen molar-refractivity contribution >= 4 is 34.4 Å². The summed E-state index contributed by atoms with van der Waals surface area (Å²) >= 11 is 1.21. The van der Waals surface area contributed by atoms with Gasteiger partial charge in [-0.1, -0.05) is 35.1 Å². The second-order valence-electron chi connectivity index (χ2n) is 5.69. The molecule has 0 aliphatic rings. The van der Waals surface area contributed by atoms with Crippen LogP contribution in [-0.2, 0) is 11.3 Å². The summed E-state index contributed by atoms with van der Waals surface area (Å²) in [5.41, 5.74) is 0.442. The molecule has 0 bridgehead atoms. The molecule has 0 saturated heterocycles. The molecule has 0 aliphatic heterocycles. The van der Waals surface area contributed by atoms with E-state index in [0.717, 1.165) is 0 Å². The average Bonchev–Trinajstić information content (AvgIpc) is 3.03. The quantitative estimate of drug-likeness (QED) is 0.407. The van der Waals surface area contributed by atoms with E-state index in [0.29, 0.717) is 34.2 Å². The Bertz CT molecular complexity index is 1020. The van der Waals surface area contributed by atoms with Gasteiger partial charge in [0.2, 0.25) is 5.91 Å². The molecule has 1 N–H and O–H groups in total. The number of aryl methyl sites for hydroxylation is 1. The molecule has 2 aromatic heterocycles. The molecule has 0 spiro atoms. The first-order valence-corrected chi connectivity index (χ1v) is 8.89. The van der Waals surface area contributed by atoms with Gasteiger partial charge in [0.05, 0.1) is 16.2 Å². The van der Waals surface area contributed by atoms with E-state index in [1.54, 1.807) is 44.2 Å². The first-order valence-electron chi connectivity index (χ1n) is 8.01. The third kappa shape index (κ3) is 3.70. The maximum Gasteiger partial charge on any atom is 0.262 e. The molecule has 0 aliphatic carbocycles. The summed E-state index contributed by atoms with van der Waals surface area (Å²) in [4.78, 5) is 29.7. The maximum absolute atomic E-state index is 12.7. The van der Waals surface area contributed by atoms with Crippen LogP contribution in [0.1, 0.15) is 12.7 Å². The van der Waals surface area contributed by atoms with Crippen molar-refractivity contribution in [2.45, 2.75) is 30.8 Å². The maximum atomic E-state index is 12.7. The van der Waals surface area contributed by atoms with Gasteiger partial charge in [-0.05, 0) is 26.0 Å². The Hall–Kier alpha value is -2.87. The Labute approximate surface area is 154 Å². The standard InChI is InChI=1S/C18H18N4O3S/c1-4-9-22-17(24)13-7-5-6-8-14(13)19-18(22)26-12(3)16(23)20-15-10-11(2)25-21-15/h4-8,10,12H,1,9H2,2-3H3,(H,20,21,23)/t12-/m0/s1. The molecule has 0 radical (unpaired) electrons. The van der Waals surface area contributed by atoms with Gasteiger partial charge in [-0.3, -0.25) is 14.2 Å². The van der Waals surface area contributed by atoms with Crippen LogP contribution in [0.4, 0.5) is 5.82 Å². The number of amides is 1. The van der Waals surface area contributed by atoms with Crippen LogP contribution >= 0.6 is 11.8 Å². The first kappa shape index (κ1) is 17.9. The number of nitrogens with zero attached hydrogens (tertiary/aromatic N) is 3. The van der Waals surface area contributed by atoms with Crippen LogP contribution in [0.3, 0.4) is 0 Å². The van der Waals surface area contributed by atoms with Crippen molar-refractivity contribution in [2.75, 3.05) is 5.32 Å². The Balaban J connectivity index is 1.89. The zero-order valence-electron chi connectivity index (χ0n) is 14.4. The number of anilines is 1. The number of benzene rings is 1. The lowest BCUT2D eigenvalue weighted by Gasteiger charge is -2.14. The predicted molar refractivity (Wildman–Crippen MR) is 101 cm³/mol. The van der Waals surface area contributed by atoms with Gasteiger partial charge in [-0.2, -0.15) is 0 Å². The number of carbonyl (C=O) groups is 1. The number of thioether (sulfide) groups is 1. The summed E-state index contributed by atoms with van der Waals surface area (Å²) < 4.78 is 6.46. The van der Waals surface area contributed by atoms with E-state index in [1.807, 2.05) is 6.07 Å². The van der Waals surface area contributed by atoms with Crippen molar-refractivity contribution in [3.63, 3.8) is 0 Å². The minimum Gasteiger partial charge on any atom is -0.360 e. The number of allylic oxidation sites excluding steroid dienone is 1. The molecule has 1 amide bonds. The minimum atomic E-state index is -0.490. The third-order valence-electron chi connectivity index (χ3n) is 3.67. The van der Waals surface area contributed by atoms with E-state index in [1.165, 1.54) is 16.3 Å². The topological polar surface area (TPSA) is 90.0 Å². The van der Waals surface area contributed by atoms with Gasteiger partial charge in [-0.15, -0.1) is 6.58 Å². The van der Waals surface area contributed by atoms with Gasteiger partial charge >= 0.3 is 0 Å². The molecule has 0 saturated carbocycles. The number of aromatic nitrogens is 3. The Morgan fingerprint density at radius 1 is 1.46 bits per heavy atom. The number of nitrogens with one attached hydrogen (secondary N) is 1. The monoisotopic (exact) mass is 370 g/mol. The average molecular weight is 370 g/mol. The van der Waals surface area contributed by atoms with Crippen LogP contribution in [0.5, 0.6) is 0 Å². The first-order chi connectivity index (χ1) is 12.5. The van der Waals surface area contributed by atoms with Gasteiger partial charge in [0, 0.05) is 12.6 Å². The van der Waals surface area contributed by atoms with Gasteiger partial charge in [0.25, 0.3) is 5.56 Å². The fourth-order valence-corrected chi connectivity index (χ4v) is 3.31. The molecule has 2 heterocycles. The number of rotatable bonds is 6. The summed E-state index contributed by atoms with van der Waals surface area (Å²) in [6.07, 6.45) is 1.63. The summed E-state index contributed by atoms with van der Waals surface area (Å²) in [6.45, 7) is 7.50. The van der Waals surface area contributed by atoms with Crippen LogP contribution in [0.2, 0.25) is 0 Å². The number of hydrogen-bond donors (Lipinski definition) is 1. The number of para-hydroxylation sites is 1. The number of hydrogen-bond acceptors (Lipinski definition) is 6. The molecule has 1 atom stereocenters. The van der Waals surface area contributed by atoms with Crippen molar-refractivity contribution in [3.05, 3.63) is 59.1 Å². The lowest BCUT2D eigenvalue weighted by atomic mass is 10.2. The summed E-state index contributed by atoms with van der Waals surface area (Å²) in [5.74, 6) is 0.711. The second kappa shape index (κ2) is 7.57. The summed E-state index contributed by atoms with van der Waals surface area (Å²) in [6, 6.07) is 8.78. The minimum absolute atomic E-state index is 0.155. The van der Waals surface area contributed by atoms with E-state index in [9.17, 15) is 9.59 Å². The lowest BCUT2D eigenvalue weighted by Crippen LogP contribution is -2.26. The van der Waals surface area contributed by atoms with Gasteiger partial charge in [0.1, 0.15) is 5.76 Å². The van der Waals surface area contributed by atoms with Crippen molar-refractivity contribution in [2.24, 2.45) is 0 Å². The van der Waals surface area contributed by atoms with Gasteiger partial charge in [0.15, 0.2) is 11.0 Å². The van der Waals surface area contributed by atoms with Crippen LogP contribution in [0.25, 0.3) is 10.9 Å². The van der Waals surface area contributed by atoms with E-state index >= 15 is 0 Å². The van der Waals surface area contributed by atoms with Gasteiger partial charge < -0.3 is 9.84 Å². The van der Waals surface area contributed by atoms with E-state index in [4.69, 9.17) is 4.52 Å². The molecule has 0 fully saturated rings. The normalized spacial score (nSPS) is 12.1. The molecular formula is C18H18N4O3S. The van der Waals surface area contributed by atoms with Crippen LogP contribution in [0, 0.1) is 6.92 Å². The van der Waals surface area contributed by atoms with Crippen LogP contribution < -0.4 is 10.9 Å². The Morgan fingerprint density at radius 3 is 2.92 bits per heavy atom. The summed E-state index contributed by atoms with van der Waals surface area (Å²) in [5, 5.41) is 6.94. The highest BCUT2D eigenvalue weighted by Crippen LogP contribution is 2.23. The van der Waals surface area contributed by atoms with Crippen molar-refractivity contribution < 1.29 is 9.32 Å². The molecule has 1 aromatic carbocycles. The molecule has 0 unspecified atom stereocenters. The predicted octanol–water partition coefficient (Wildman–Crippen LogP) is 3.00. The smallest absolute Gasteiger partial charge is 0.262 e. The fraction of sp³-hybridized carbons (Fsp3) is 0.222. The van der Waals surface area contributed by atoms with E-state index < -0.39 is 5.25 Å². The third-order valence-corrected chi connectivity index (χ3v) is 4.76. The SMILES string of the molecule is C=CCn1c(S[C@@H](C)C(=O)Nc2cc(C)on2)nc2ccccc2c1=O. The molecule has 26 heavy (non-hydrogen) atoms. The highest BCUT2D eigenvalue weighted by molar-refractivity contribution is 8.00. The molecular weight excluding hydrogens is 352 g/mol. The zero-order valence-corrected chi connectivity index (χ0v) is 15.2. The number of fused-ring (bicyclic) bond motifs is 1. The van der Waals surface area contributed by atoms with Crippen molar-refractivity contribution in [1.82, 2.24) is 14.7 Å². The highest BCUT2D eigenvalue weighted by atomic mass is 32.2. The van der Waals surface area contributed by atoms with Crippen molar-refractivity contribution in [1.29, 1.82) is 0 Å². The Morgan fingerprint density at radius 2 is 2.23 bits per heavy atom. The van der Waals surface area contributed by atoms with E-state index in [2.05, 4.69) is 22.0 Å². The van der Waals surface area contributed by atoms with Gasteiger partial charge in [-0.25, -0.2) is 4.98 Å². The van der Waals surface area contributed by atoms with Crippen LogP contribution in [0.15, 0.2) is 57.5 Å². The second-order valence-corrected chi connectivity index (χ2v) is 7.00. The zero-order chi connectivity index (χ0) is 18.7. The molecule has 3 rings (SSSR count). The fourth-order valence-electron chi connectivity index (χ4n) is 2.39. The molecule has 8 heteroatoms. The van der Waals surface area contributed by atoms with Crippen molar-refractivity contribution in [3.8, 4) is 0 Å². The molecule has 3 aromatic rings. The molecule has 134 valence electrons. The largest absolute Gasteiger partial charge is 0.360 e. The van der Waals surface area contributed by atoms with Crippen LogP contribution in [-0.4, -0.2) is 25.9 Å². The number of carbonyl (C=O) groups excluding carboxylic acids is 1. The summed E-state index contributed by atoms with van der Waals surface area (Å²) in [7, 11) is 0. The highest BCUT2D eigenvalue weighted by Gasteiger charge is 2.20. The molecule has 7 nitrogen and oxygen atoms in total. The Kier molecular flexibility index (Phi) is 5.22.